The molecule has 4 heteroatoms. The average Bonchev–Trinajstić information content (AvgIpc) is 2.76. The second-order valence-corrected chi connectivity index (χ2v) is 5.98. The van der Waals surface area contributed by atoms with E-state index < -0.39 is 0 Å². The predicted octanol–water partition coefficient (Wildman–Crippen LogP) is 4.93. The van der Waals surface area contributed by atoms with Gasteiger partial charge in [0.15, 0.2) is 0 Å². The quantitative estimate of drug-likeness (QED) is 0.815. The number of hydrogen-bond donors (Lipinski definition) is 1. The molecule has 0 aliphatic heterocycles. The van der Waals surface area contributed by atoms with E-state index in [0.29, 0.717) is 0 Å². The molecule has 1 aromatic carbocycles. The minimum absolute atomic E-state index is 0.950. The van der Waals surface area contributed by atoms with Gasteiger partial charge in [0, 0.05) is 21.2 Å². The Hall–Kier alpha value is -0.320. The van der Waals surface area contributed by atoms with Crippen molar-refractivity contribution in [3.8, 4) is 0 Å². The maximum absolute atomic E-state index is 3.53. The highest BCUT2D eigenvalue weighted by Crippen LogP contribution is 2.26. The fraction of sp³-hybridized carbons (Fsp3) is 0.167. The van der Waals surface area contributed by atoms with Crippen molar-refractivity contribution in [2.45, 2.75) is 6.42 Å². The summed E-state index contributed by atoms with van der Waals surface area (Å²) in [5, 5.41) is 7.73. The molecule has 0 aliphatic rings. The first-order valence-corrected chi connectivity index (χ1v) is 7.48. The summed E-state index contributed by atoms with van der Waals surface area (Å²) >= 11 is 8.74. The second-order valence-electron chi connectivity index (χ2n) is 3.43. The Morgan fingerprint density at radius 1 is 1.19 bits per heavy atom. The Morgan fingerprint density at radius 2 is 2.06 bits per heavy atom. The van der Waals surface area contributed by atoms with Gasteiger partial charge in [0.05, 0.1) is 0 Å². The molecule has 0 saturated heterocycles. The molecular weight excluding hydrogens is 350 g/mol. The van der Waals surface area contributed by atoms with Gasteiger partial charge in [-0.2, -0.15) is 11.3 Å². The van der Waals surface area contributed by atoms with E-state index in [1.54, 1.807) is 11.3 Å². The van der Waals surface area contributed by atoms with Crippen LogP contribution in [-0.4, -0.2) is 6.54 Å². The standard InChI is InChI=1S/C12H11Br2NS/c13-10-1-2-11(14)12(7-10)15-5-3-9-4-6-16-8-9/h1-2,4,6-8,15H,3,5H2. The zero-order chi connectivity index (χ0) is 11.4. The van der Waals surface area contributed by atoms with Crippen LogP contribution in [0.25, 0.3) is 0 Å². The molecule has 2 rings (SSSR count). The Morgan fingerprint density at radius 3 is 2.81 bits per heavy atom. The van der Waals surface area contributed by atoms with Gasteiger partial charge in [0.2, 0.25) is 0 Å². The molecule has 0 saturated carbocycles. The highest BCUT2D eigenvalue weighted by Gasteiger charge is 2.00. The smallest absolute Gasteiger partial charge is 0.0496 e. The van der Waals surface area contributed by atoms with Crippen LogP contribution in [0.1, 0.15) is 5.56 Å². The highest BCUT2D eigenvalue weighted by atomic mass is 79.9. The molecule has 0 radical (unpaired) electrons. The Balaban J connectivity index is 1.92. The lowest BCUT2D eigenvalue weighted by Gasteiger charge is -2.08. The van der Waals surface area contributed by atoms with E-state index in [1.165, 1.54) is 5.56 Å². The van der Waals surface area contributed by atoms with Crippen molar-refractivity contribution in [1.29, 1.82) is 0 Å². The molecule has 84 valence electrons. The third-order valence-electron chi connectivity index (χ3n) is 2.24. The summed E-state index contributed by atoms with van der Waals surface area (Å²) in [6.07, 6.45) is 1.06. The summed E-state index contributed by atoms with van der Waals surface area (Å²) in [6.45, 7) is 0.950. The highest BCUT2D eigenvalue weighted by molar-refractivity contribution is 9.11. The number of anilines is 1. The third-order valence-corrected chi connectivity index (χ3v) is 4.15. The minimum Gasteiger partial charge on any atom is -0.384 e. The summed E-state index contributed by atoms with van der Waals surface area (Å²) in [7, 11) is 0. The van der Waals surface area contributed by atoms with Gasteiger partial charge in [-0.05, 0) is 62.9 Å². The van der Waals surface area contributed by atoms with Crippen LogP contribution in [0.3, 0.4) is 0 Å². The zero-order valence-corrected chi connectivity index (χ0v) is 12.5. The predicted molar refractivity (Wildman–Crippen MR) is 78.4 cm³/mol. The van der Waals surface area contributed by atoms with Crippen LogP contribution < -0.4 is 5.32 Å². The Kier molecular flexibility index (Phi) is 4.44. The summed E-state index contributed by atoms with van der Waals surface area (Å²) in [6, 6.07) is 8.31. The number of nitrogens with one attached hydrogen (secondary N) is 1. The Labute approximate surface area is 116 Å². The molecule has 0 bridgehead atoms. The lowest BCUT2D eigenvalue weighted by atomic mass is 10.2. The van der Waals surface area contributed by atoms with Crippen LogP contribution in [0.15, 0.2) is 44.0 Å². The molecule has 0 unspecified atom stereocenters. The SMILES string of the molecule is Brc1ccc(Br)c(NCCc2ccsc2)c1. The summed E-state index contributed by atoms with van der Waals surface area (Å²) < 4.78 is 2.19. The molecule has 0 atom stereocenters. The second kappa shape index (κ2) is 5.84. The molecular formula is C12H11Br2NS. The third kappa shape index (κ3) is 3.34. The molecule has 1 nitrogen and oxygen atoms in total. The molecule has 1 heterocycles. The van der Waals surface area contributed by atoms with Crippen LogP contribution in [0.4, 0.5) is 5.69 Å². The van der Waals surface area contributed by atoms with Crippen LogP contribution in [0.2, 0.25) is 0 Å². The zero-order valence-electron chi connectivity index (χ0n) is 8.54. The summed E-state index contributed by atoms with van der Waals surface area (Å²) in [5.41, 5.74) is 2.52. The molecule has 1 aromatic heterocycles. The first-order valence-electron chi connectivity index (χ1n) is 4.96. The van der Waals surface area contributed by atoms with Gasteiger partial charge in [0.1, 0.15) is 0 Å². The van der Waals surface area contributed by atoms with Crippen molar-refractivity contribution >= 4 is 48.9 Å². The van der Waals surface area contributed by atoms with Gasteiger partial charge < -0.3 is 5.32 Å². The van der Waals surface area contributed by atoms with Crippen LogP contribution in [0.5, 0.6) is 0 Å². The number of halogens is 2. The molecule has 0 amide bonds. The number of thiophene rings is 1. The molecule has 16 heavy (non-hydrogen) atoms. The number of benzene rings is 1. The number of hydrogen-bond acceptors (Lipinski definition) is 2. The van der Waals surface area contributed by atoms with E-state index in [4.69, 9.17) is 0 Å². The van der Waals surface area contributed by atoms with Gasteiger partial charge in [0.25, 0.3) is 0 Å². The van der Waals surface area contributed by atoms with E-state index in [1.807, 2.05) is 12.1 Å². The molecule has 0 fully saturated rings. The normalized spacial score (nSPS) is 10.4. The van der Waals surface area contributed by atoms with Crippen molar-refractivity contribution in [1.82, 2.24) is 0 Å². The summed E-state index contributed by atoms with van der Waals surface area (Å²) in [5.74, 6) is 0. The van der Waals surface area contributed by atoms with Gasteiger partial charge in [-0.15, -0.1) is 0 Å². The van der Waals surface area contributed by atoms with E-state index in [-0.39, 0.29) is 0 Å². The lowest BCUT2D eigenvalue weighted by molar-refractivity contribution is 1.03. The first-order chi connectivity index (χ1) is 7.75. The maximum atomic E-state index is 3.53. The Bertz CT molecular complexity index is 454. The van der Waals surface area contributed by atoms with Gasteiger partial charge in [-0.1, -0.05) is 15.9 Å². The van der Waals surface area contributed by atoms with Gasteiger partial charge >= 0.3 is 0 Å². The molecule has 1 N–H and O–H groups in total. The van der Waals surface area contributed by atoms with Crippen LogP contribution in [0, 0.1) is 0 Å². The molecule has 0 spiro atoms. The van der Waals surface area contributed by atoms with Crippen molar-refractivity contribution in [2.24, 2.45) is 0 Å². The van der Waals surface area contributed by atoms with Crippen molar-refractivity contribution in [3.63, 3.8) is 0 Å². The average molecular weight is 361 g/mol. The van der Waals surface area contributed by atoms with E-state index >= 15 is 0 Å². The maximum Gasteiger partial charge on any atom is 0.0496 e. The summed E-state index contributed by atoms with van der Waals surface area (Å²) in [4.78, 5) is 0. The largest absolute Gasteiger partial charge is 0.384 e. The first kappa shape index (κ1) is 12.1. The minimum atomic E-state index is 0.950. The van der Waals surface area contributed by atoms with E-state index in [2.05, 4.69) is 60.1 Å². The molecule has 0 aliphatic carbocycles. The monoisotopic (exact) mass is 359 g/mol. The topological polar surface area (TPSA) is 12.0 Å². The van der Waals surface area contributed by atoms with Crippen molar-refractivity contribution in [2.75, 3.05) is 11.9 Å². The van der Waals surface area contributed by atoms with Gasteiger partial charge in [-0.25, -0.2) is 0 Å². The lowest BCUT2D eigenvalue weighted by Crippen LogP contribution is -2.04. The van der Waals surface area contributed by atoms with Crippen molar-refractivity contribution < 1.29 is 0 Å². The fourth-order valence-corrected chi connectivity index (χ4v) is 2.86. The van der Waals surface area contributed by atoms with Crippen molar-refractivity contribution in [3.05, 3.63) is 49.5 Å². The molecule has 2 aromatic rings. The fourth-order valence-electron chi connectivity index (χ4n) is 1.41. The van der Waals surface area contributed by atoms with Gasteiger partial charge in [-0.3, -0.25) is 0 Å². The van der Waals surface area contributed by atoms with E-state index in [0.717, 1.165) is 27.6 Å². The number of rotatable bonds is 4. The van der Waals surface area contributed by atoms with E-state index in [9.17, 15) is 0 Å². The van der Waals surface area contributed by atoms with Crippen LogP contribution in [-0.2, 0) is 6.42 Å². The van der Waals surface area contributed by atoms with Crippen LogP contribution >= 0.6 is 43.2 Å².